The SMILES string of the molecule is CCC(CC)NC(=O)C(C)NCC1CC1. The molecule has 0 spiro atoms. The fraction of sp³-hybridized carbons (Fsp3) is 0.917. The minimum absolute atomic E-state index is 0.0498. The van der Waals surface area contributed by atoms with Crippen molar-refractivity contribution >= 4 is 5.91 Å². The third-order valence-electron chi connectivity index (χ3n) is 3.13. The summed E-state index contributed by atoms with van der Waals surface area (Å²) in [7, 11) is 0. The van der Waals surface area contributed by atoms with Gasteiger partial charge in [0.1, 0.15) is 0 Å². The zero-order valence-corrected chi connectivity index (χ0v) is 10.2. The van der Waals surface area contributed by atoms with E-state index in [0.29, 0.717) is 6.04 Å². The molecular weight excluding hydrogens is 188 g/mol. The van der Waals surface area contributed by atoms with Crippen LogP contribution in [0.1, 0.15) is 46.5 Å². The van der Waals surface area contributed by atoms with E-state index in [9.17, 15) is 4.79 Å². The number of carbonyl (C=O) groups is 1. The van der Waals surface area contributed by atoms with Gasteiger partial charge in [0.25, 0.3) is 0 Å². The first kappa shape index (κ1) is 12.5. The molecule has 0 saturated heterocycles. The van der Waals surface area contributed by atoms with Crippen LogP contribution >= 0.6 is 0 Å². The molecule has 3 heteroatoms. The van der Waals surface area contributed by atoms with Crippen LogP contribution < -0.4 is 10.6 Å². The lowest BCUT2D eigenvalue weighted by Crippen LogP contribution is -2.46. The maximum Gasteiger partial charge on any atom is 0.237 e. The van der Waals surface area contributed by atoms with E-state index in [2.05, 4.69) is 24.5 Å². The van der Waals surface area contributed by atoms with Crippen molar-refractivity contribution in [3.8, 4) is 0 Å². The number of hydrogen-bond donors (Lipinski definition) is 2. The van der Waals surface area contributed by atoms with Crippen molar-refractivity contribution < 1.29 is 4.79 Å². The summed E-state index contributed by atoms with van der Waals surface area (Å²) in [5, 5.41) is 6.34. The highest BCUT2D eigenvalue weighted by molar-refractivity contribution is 5.81. The van der Waals surface area contributed by atoms with Gasteiger partial charge in [-0.25, -0.2) is 0 Å². The number of amides is 1. The Morgan fingerprint density at radius 3 is 2.40 bits per heavy atom. The maximum atomic E-state index is 11.7. The van der Waals surface area contributed by atoms with E-state index in [1.165, 1.54) is 12.8 Å². The summed E-state index contributed by atoms with van der Waals surface area (Å²) in [5.74, 6) is 0.970. The molecule has 1 atom stereocenters. The lowest BCUT2D eigenvalue weighted by atomic mass is 10.1. The zero-order valence-electron chi connectivity index (χ0n) is 10.2. The molecule has 1 rings (SSSR count). The molecule has 0 radical (unpaired) electrons. The lowest BCUT2D eigenvalue weighted by Gasteiger charge is -2.19. The fourth-order valence-corrected chi connectivity index (χ4v) is 1.58. The second-order valence-corrected chi connectivity index (χ2v) is 4.60. The average molecular weight is 212 g/mol. The van der Waals surface area contributed by atoms with Crippen LogP contribution in [-0.2, 0) is 4.79 Å². The van der Waals surface area contributed by atoms with Crippen LogP contribution in [-0.4, -0.2) is 24.5 Å². The minimum atomic E-state index is -0.0498. The third-order valence-corrected chi connectivity index (χ3v) is 3.13. The summed E-state index contributed by atoms with van der Waals surface area (Å²) in [6, 6.07) is 0.286. The molecule has 1 aliphatic rings. The van der Waals surface area contributed by atoms with Crippen LogP contribution in [0.5, 0.6) is 0 Å². The van der Waals surface area contributed by atoms with E-state index in [-0.39, 0.29) is 11.9 Å². The van der Waals surface area contributed by atoms with Gasteiger partial charge in [0.15, 0.2) is 0 Å². The average Bonchev–Trinajstić information content (AvgIpc) is 3.05. The molecule has 2 N–H and O–H groups in total. The van der Waals surface area contributed by atoms with Crippen molar-refractivity contribution in [3.05, 3.63) is 0 Å². The van der Waals surface area contributed by atoms with E-state index in [1.54, 1.807) is 0 Å². The van der Waals surface area contributed by atoms with Gasteiger partial charge < -0.3 is 10.6 Å². The van der Waals surface area contributed by atoms with E-state index in [1.807, 2.05) is 6.92 Å². The Balaban J connectivity index is 2.18. The Hall–Kier alpha value is -0.570. The van der Waals surface area contributed by atoms with Crippen molar-refractivity contribution in [2.24, 2.45) is 5.92 Å². The summed E-state index contributed by atoms with van der Waals surface area (Å²) in [6.45, 7) is 7.16. The van der Waals surface area contributed by atoms with Gasteiger partial charge in [0.2, 0.25) is 5.91 Å². The van der Waals surface area contributed by atoms with Gasteiger partial charge in [0.05, 0.1) is 6.04 Å². The first-order valence-electron chi connectivity index (χ1n) is 6.21. The molecule has 3 nitrogen and oxygen atoms in total. The van der Waals surface area contributed by atoms with Gasteiger partial charge in [-0.2, -0.15) is 0 Å². The predicted molar refractivity (Wildman–Crippen MR) is 62.7 cm³/mol. The van der Waals surface area contributed by atoms with Gasteiger partial charge in [0, 0.05) is 6.04 Å². The van der Waals surface area contributed by atoms with Crippen LogP contribution in [0, 0.1) is 5.92 Å². The van der Waals surface area contributed by atoms with E-state index in [0.717, 1.165) is 25.3 Å². The Bertz CT molecular complexity index is 198. The first-order valence-corrected chi connectivity index (χ1v) is 6.21. The topological polar surface area (TPSA) is 41.1 Å². The quantitative estimate of drug-likeness (QED) is 0.674. The molecule has 0 bridgehead atoms. The van der Waals surface area contributed by atoms with Crippen molar-refractivity contribution in [1.29, 1.82) is 0 Å². The van der Waals surface area contributed by atoms with E-state index < -0.39 is 0 Å². The molecule has 1 saturated carbocycles. The van der Waals surface area contributed by atoms with Gasteiger partial charge in [-0.1, -0.05) is 13.8 Å². The number of rotatable bonds is 7. The van der Waals surface area contributed by atoms with Gasteiger partial charge in [-0.05, 0) is 45.1 Å². The van der Waals surface area contributed by atoms with Gasteiger partial charge in [-0.15, -0.1) is 0 Å². The molecule has 1 aliphatic carbocycles. The highest BCUT2D eigenvalue weighted by atomic mass is 16.2. The second kappa shape index (κ2) is 6.11. The third kappa shape index (κ3) is 4.65. The molecule has 0 aliphatic heterocycles. The van der Waals surface area contributed by atoms with Crippen molar-refractivity contribution in [3.63, 3.8) is 0 Å². The Morgan fingerprint density at radius 1 is 1.33 bits per heavy atom. The van der Waals surface area contributed by atoms with Crippen LogP contribution in [0.4, 0.5) is 0 Å². The molecule has 1 fully saturated rings. The largest absolute Gasteiger partial charge is 0.352 e. The van der Waals surface area contributed by atoms with Crippen LogP contribution in [0.25, 0.3) is 0 Å². The summed E-state index contributed by atoms with van der Waals surface area (Å²) >= 11 is 0. The Labute approximate surface area is 93.0 Å². The summed E-state index contributed by atoms with van der Waals surface area (Å²) in [5.41, 5.74) is 0. The van der Waals surface area contributed by atoms with Gasteiger partial charge in [-0.3, -0.25) is 4.79 Å². The van der Waals surface area contributed by atoms with Crippen LogP contribution in [0.3, 0.4) is 0 Å². The lowest BCUT2D eigenvalue weighted by molar-refractivity contribution is -0.123. The van der Waals surface area contributed by atoms with E-state index >= 15 is 0 Å². The number of nitrogens with one attached hydrogen (secondary N) is 2. The molecule has 0 aromatic rings. The molecule has 1 unspecified atom stereocenters. The molecule has 15 heavy (non-hydrogen) atoms. The molecule has 88 valence electrons. The number of carbonyl (C=O) groups excluding carboxylic acids is 1. The minimum Gasteiger partial charge on any atom is -0.352 e. The van der Waals surface area contributed by atoms with Crippen LogP contribution in [0.15, 0.2) is 0 Å². The Kier molecular flexibility index (Phi) is 5.09. The summed E-state index contributed by atoms with van der Waals surface area (Å²) < 4.78 is 0. The fourth-order valence-electron chi connectivity index (χ4n) is 1.58. The highest BCUT2D eigenvalue weighted by Gasteiger charge is 2.23. The van der Waals surface area contributed by atoms with Crippen molar-refractivity contribution in [2.45, 2.75) is 58.5 Å². The molecule has 0 heterocycles. The standard InChI is InChI=1S/C12H24N2O/c1-4-11(5-2)14-12(15)9(3)13-8-10-6-7-10/h9-11,13H,4-8H2,1-3H3,(H,14,15). The summed E-state index contributed by atoms with van der Waals surface area (Å²) in [6.07, 6.45) is 4.68. The van der Waals surface area contributed by atoms with Crippen molar-refractivity contribution in [2.75, 3.05) is 6.54 Å². The maximum absolute atomic E-state index is 11.7. The Morgan fingerprint density at radius 2 is 1.93 bits per heavy atom. The van der Waals surface area contributed by atoms with Crippen LogP contribution in [0.2, 0.25) is 0 Å². The monoisotopic (exact) mass is 212 g/mol. The first-order chi connectivity index (χ1) is 7.17. The molecule has 0 aromatic carbocycles. The van der Waals surface area contributed by atoms with Gasteiger partial charge >= 0.3 is 0 Å². The highest BCUT2D eigenvalue weighted by Crippen LogP contribution is 2.27. The second-order valence-electron chi connectivity index (χ2n) is 4.60. The van der Waals surface area contributed by atoms with Crippen molar-refractivity contribution in [1.82, 2.24) is 10.6 Å². The predicted octanol–water partition coefficient (Wildman–Crippen LogP) is 1.68. The molecular formula is C12H24N2O. The molecule has 1 amide bonds. The van der Waals surface area contributed by atoms with E-state index in [4.69, 9.17) is 0 Å². The zero-order chi connectivity index (χ0) is 11.3. The smallest absolute Gasteiger partial charge is 0.237 e. The number of hydrogen-bond acceptors (Lipinski definition) is 2. The summed E-state index contributed by atoms with van der Waals surface area (Å²) in [4.78, 5) is 11.7. The normalized spacial score (nSPS) is 17.9. The molecule has 0 aromatic heterocycles.